The second kappa shape index (κ2) is 11.2. The summed E-state index contributed by atoms with van der Waals surface area (Å²) in [4.78, 5) is 26.9. The number of pyridine rings is 2. The highest BCUT2D eigenvalue weighted by molar-refractivity contribution is 6.08. The standard InChI is InChI=1S/C29H32N8O2/c1-34-13-15-35(16-14-34)17-18-39-23-9-11-36-27(21-31-28(36)19-23)29(38)33-25-6-4-7-26-24(25)20-32-37(26)12-8-22-5-2-3-10-30-22/h2-7,9-11,19-21H,8,12-18H2,1H3,(H,33,38). The lowest BCUT2D eigenvalue weighted by Crippen LogP contribution is -2.45. The lowest BCUT2D eigenvalue weighted by molar-refractivity contribution is 0.102. The van der Waals surface area contributed by atoms with Crippen molar-refractivity contribution in [1.29, 1.82) is 0 Å². The number of nitrogens with one attached hydrogen (secondary N) is 1. The minimum Gasteiger partial charge on any atom is -0.492 e. The smallest absolute Gasteiger partial charge is 0.274 e. The fourth-order valence-electron chi connectivity index (χ4n) is 4.93. The number of aryl methyl sites for hydroxylation is 2. The summed E-state index contributed by atoms with van der Waals surface area (Å²) < 4.78 is 9.71. The molecule has 0 unspecified atom stereocenters. The fraction of sp³-hybridized carbons (Fsp3) is 0.310. The van der Waals surface area contributed by atoms with Gasteiger partial charge in [0.05, 0.1) is 23.6 Å². The van der Waals surface area contributed by atoms with Crippen molar-refractivity contribution in [3.8, 4) is 5.75 Å². The Hall–Kier alpha value is -4.28. The average Bonchev–Trinajstić information content (AvgIpc) is 3.58. The molecule has 1 fully saturated rings. The third-order valence-corrected chi connectivity index (χ3v) is 7.23. The van der Waals surface area contributed by atoms with Crippen LogP contribution < -0.4 is 10.1 Å². The predicted molar refractivity (Wildman–Crippen MR) is 150 cm³/mol. The van der Waals surface area contributed by atoms with Crippen molar-refractivity contribution in [1.82, 2.24) is 33.9 Å². The number of amides is 1. The molecule has 1 aromatic carbocycles. The number of piperazine rings is 1. The van der Waals surface area contributed by atoms with Gasteiger partial charge in [-0.2, -0.15) is 5.10 Å². The molecule has 200 valence electrons. The summed E-state index contributed by atoms with van der Waals surface area (Å²) in [6.45, 7) is 6.53. The minimum absolute atomic E-state index is 0.236. The number of nitrogens with zero attached hydrogens (tertiary/aromatic N) is 7. The molecule has 0 spiro atoms. The number of hydrogen-bond donors (Lipinski definition) is 1. The SMILES string of the molecule is CN1CCN(CCOc2ccn3c(C(=O)Nc4cccc5c4cnn5CCc4ccccn4)cnc3c2)CC1. The van der Waals surface area contributed by atoms with E-state index in [9.17, 15) is 4.79 Å². The van der Waals surface area contributed by atoms with Gasteiger partial charge in [0.25, 0.3) is 5.91 Å². The van der Waals surface area contributed by atoms with E-state index in [0.717, 1.165) is 61.5 Å². The van der Waals surface area contributed by atoms with Crippen LogP contribution in [0.15, 0.2) is 73.3 Å². The molecule has 1 N–H and O–H groups in total. The molecule has 0 bridgehead atoms. The number of aromatic nitrogens is 5. The van der Waals surface area contributed by atoms with E-state index >= 15 is 0 Å². The van der Waals surface area contributed by atoms with E-state index in [1.54, 1.807) is 23.0 Å². The maximum absolute atomic E-state index is 13.3. The van der Waals surface area contributed by atoms with Crippen LogP contribution in [0, 0.1) is 0 Å². The quantitative estimate of drug-likeness (QED) is 0.317. The van der Waals surface area contributed by atoms with Gasteiger partial charge in [0.1, 0.15) is 23.7 Å². The van der Waals surface area contributed by atoms with Gasteiger partial charge in [-0.05, 0) is 37.4 Å². The van der Waals surface area contributed by atoms with Crippen LogP contribution >= 0.6 is 0 Å². The number of rotatable bonds is 9. The monoisotopic (exact) mass is 524 g/mol. The molecule has 10 heteroatoms. The van der Waals surface area contributed by atoms with E-state index in [1.165, 1.54) is 0 Å². The van der Waals surface area contributed by atoms with Crippen molar-refractivity contribution in [2.45, 2.75) is 13.0 Å². The van der Waals surface area contributed by atoms with Crippen LogP contribution in [0.5, 0.6) is 5.75 Å². The summed E-state index contributed by atoms with van der Waals surface area (Å²) in [5, 5.41) is 8.49. The molecule has 0 aliphatic carbocycles. The predicted octanol–water partition coefficient (Wildman–Crippen LogP) is 3.20. The number of fused-ring (bicyclic) bond motifs is 2. The molecule has 1 aliphatic rings. The minimum atomic E-state index is -0.236. The Labute approximate surface area is 226 Å². The van der Waals surface area contributed by atoms with Gasteiger partial charge < -0.3 is 15.0 Å². The van der Waals surface area contributed by atoms with Crippen LogP contribution in [0.2, 0.25) is 0 Å². The molecule has 0 radical (unpaired) electrons. The van der Waals surface area contributed by atoms with Crippen LogP contribution in [0.25, 0.3) is 16.6 Å². The number of carbonyl (C=O) groups excluding carboxylic acids is 1. The van der Waals surface area contributed by atoms with Crippen molar-refractivity contribution >= 4 is 28.1 Å². The first kappa shape index (κ1) is 25.0. The number of benzene rings is 1. The van der Waals surface area contributed by atoms with Crippen molar-refractivity contribution in [3.63, 3.8) is 0 Å². The van der Waals surface area contributed by atoms with Gasteiger partial charge >= 0.3 is 0 Å². The Balaban J connectivity index is 1.11. The highest BCUT2D eigenvalue weighted by atomic mass is 16.5. The number of hydrogen-bond acceptors (Lipinski definition) is 7. The number of likely N-dealkylation sites (N-methyl/N-ethyl adjacent to an activating group) is 1. The van der Waals surface area contributed by atoms with Crippen molar-refractivity contribution in [2.75, 3.05) is 51.7 Å². The molecule has 1 saturated heterocycles. The first-order chi connectivity index (χ1) is 19.1. The summed E-state index contributed by atoms with van der Waals surface area (Å²) in [6, 6.07) is 15.5. The van der Waals surface area contributed by atoms with E-state index in [2.05, 4.69) is 37.2 Å². The number of anilines is 1. The van der Waals surface area contributed by atoms with E-state index in [1.807, 2.05) is 59.4 Å². The second-order valence-corrected chi connectivity index (χ2v) is 9.86. The van der Waals surface area contributed by atoms with E-state index < -0.39 is 0 Å². The second-order valence-electron chi connectivity index (χ2n) is 9.86. The summed E-state index contributed by atoms with van der Waals surface area (Å²) in [6.07, 6.45) is 7.79. The molecule has 0 atom stereocenters. The first-order valence-corrected chi connectivity index (χ1v) is 13.3. The molecule has 39 heavy (non-hydrogen) atoms. The molecule has 10 nitrogen and oxygen atoms in total. The van der Waals surface area contributed by atoms with Gasteiger partial charge in [-0.25, -0.2) is 4.98 Å². The summed E-state index contributed by atoms with van der Waals surface area (Å²) >= 11 is 0. The maximum atomic E-state index is 13.3. The van der Waals surface area contributed by atoms with Gasteiger partial charge in [0.2, 0.25) is 0 Å². The first-order valence-electron chi connectivity index (χ1n) is 13.3. The van der Waals surface area contributed by atoms with Crippen LogP contribution in [0.1, 0.15) is 16.2 Å². The largest absolute Gasteiger partial charge is 0.492 e. The fourth-order valence-corrected chi connectivity index (χ4v) is 4.93. The third kappa shape index (κ3) is 5.62. The Morgan fingerprint density at radius 2 is 1.90 bits per heavy atom. The summed E-state index contributed by atoms with van der Waals surface area (Å²) in [5.74, 6) is 0.511. The number of imidazole rings is 1. The Morgan fingerprint density at radius 3 is 2.74 bits per heavy atom. The lowest BCUT2D eigenvalue weighted by atomic mass is 10.2. The Bertz CT molecular complexity index is 1570. The maximum Gasteiger partial charge on any atom is 0.274 e. The van der Waals surface area contributed by atoms with Gasteiger partial charge in [-0.1, -0.05) is 12.1 Å². The van der Waals surface area contributed by atoms with Crippen LogP contribution in [0.3, 0.4) is 0 Å². The topological polar surface area (TPSA) is 92.8 Å². The third-order valence-electron chi connectivity index (χ3n) is 7.23. The van der Waals surface area contributed by atoms with Gasteiger partial charge in [-0.3, -0.25) is 23.8 Å². The Kier molecular flexibility index (Phi) is 7.20. The molecule has 5 aromatic rings. The van der Waals surface area contributed by atoms with E-state index in [-0.39, 0.29) is 5.91 Å². The van der Waals surface area contributed by atoms with Crippen molar-refractivity contribution in [2.24, 2.45) is 0 Å². The molecule has 5 heterocycles. The molecular formula is C29H32N8O2. The zero-order chi connectivity index (χ0) is 26.6. The van der Waals surface area contributed by atoms with Gasteiger partial charge in [0, 0.05) is 75.2 Å². The highest BCUT2D eigenvalue weighted by Crippen LogP contribution is 2.24. The molecule has 0 saturated carbocycles. The Morgan fingerprint density at radius 1 is 1.00 bits per heavy atom. The zero-order valence-electron chi connectivity index (χ0n) is 22.0. The summed E-state index contributed by atoms with van der Waals surface area (Å²) in [7, 11) is 2.16. The van der Waals surface area contributed by atoms with Gasteiger partial charge in [-0.15, -0.1) is 0 Å². The van der Waals surface area contributed by atoms with E-state index in [0.29, 0.717) is 30.2 Å². The van der Waals surface area contributed by atoms with Crippen LogP contribution in [0.4, 0.5) is 5.69 Å². The normalized spacial score (nSPS) is 14.7. The molecule has 4 aromatic heterocycles. The zero-order valence-corrected chi connectivity index (χ0v) is 22.0. The average molecular weight is 525 g/mol. The van der Waals surface area contributed by atoms with Crippen LogP contribution in [-0.2, 0) is 13.0 Å². The summed E-state index contributed by atoms with van der Waals surface area (Å²) in [5.41, 5.74) is 3.80. The molecular weight excluding hydrogens is 492 g/mol. The van der Waals surface area contributed by atoms with E-state index in [4.69, 9.17) is 4.74 Å². The number of ether oxygens (including phenoxy) is 1. The lowest BCUT2D eigenvalue weighted by Gasteiger charge is -2.32. The van der Waals surface area contributed by atoms with Gasteiger partial charge in [0.15, 0.2) is 0 Å². The van der Waals surface area contributed by atoms with Crippen molar-refractivity contribution in [3.05, 3.63) is 84.7 Å². The molecule has 1 aliphatic heterocycles. The van der Waals surface area contributed by atoms with Crippen LogP contribution in [-0.4, -0.2) is 86.2 Å². The van der Waals surface area contributed by atoms with Crippen molar-refractivity contribution < 1.29 is 9.53 Å². The highest BCUT2D eigenvalue weighted by Gasteiger charge is 2.16. The number of carbonyl (C=O) groups is 1. The molecule has 1 amide bonds. The molecule has 6 rings (SSSR count).